The van der Waals surface area contributed by atoms with Crippen LogP contribution in [-0.4, -0.2) is 192 Å². The van der Waals surface area contributed by atoms with Gasteiger partial charge in [0, 0.05) is 17.7 Å². The molecule has 0 unspecified atom stereocenters. The van der Waals surface area contributed by atoms with Gasteiger partial charge in [0.1, 0.15) is 97.1 Å². The van der Waals surface area contributed by atoms with Crippen LogP contribution in [0.15, 0.2) is 109 Å². The van der Waals surface area contributed by atoms with Crippen LogP contribution in [0.3, 0.4) is 0 Å². The predicted molar refractivity (Wildman–Crippen MR) is 280 cm³/mol. The van der Waals surface area contributed by atoms with Gasteiger partial charge in [-0.05, 0) is 72.7 Å². The van der Waals surface area contributed by atoms with E-state index in [-0.39, 0.29) is 23.1 Å². The molecule has 3 aromatic carbocycles. The zero-order chi connectivity index (χ0) is 57.2. The number of phenolic OH excluding ortho intramolecular Hbond substituents is 2. The molecule has 0 aromatic heterocycles. The van der Waals surface area contributed by atoms with Gasteiger partial charge in [0.2, 0.25) is 0 Å². The Hall–Kier alpha value is -5.64. The third kappa shape index (κ3) is 16.7. The van der Waals surface area contributed by atoms with E-state index < -0.39 is 148 Å². The lowest BCUT2D eigenvalue weighted by Crippen LogP contribution is -2.66. The maximum absolute atomic E-state index is 13.7. The molecule has 79 heavy (non-hydrogen) atoms. The number of hydrogen-bond acceptors (Lipinski definition) is 22. The maximum Gasteiger partial charge on any atom is 0.338 e. The highest BCUT2D eigenvalue weighted by molar-refractivity contribution is 5.90. The van der Waals surface area contributed by atoms with Crippen molar-refractivity contribution >= 4 is 11.9 Å². The van der Waals surface area contributed by atoms with Crippen LogP contribution in [0.1, 0.15) is 80.0 Å². The summed E-state index contributed by atoms with van der Waals surface area (Å²) in [6.07, 6.45) is -11.7. The monoisotopic (exact) mass is 1110 g/mol. The number of unbranched alkanes of at least 4 members (excludes halogenated alkanes) is 3. The molecular weight excluding hydrogens is 1040 g/mol. The molecule has 434 valence electrons. The molecule has 22 nitrogen and oxygen atoms in total. The van der Waals surface area contributed by atoms with Gasteiger partial charge in [-0.1, -0.05) is 93.5 Å². The average Bonchev–Trinajstić information content (AvgIpc) is 3.53. The van der Waals surface area contributed by atoms with Crippen molar-refractivity contribution in [1.82, 2.24) is 0 Å². The number of carbonyl (C=O) groups is 2. The Bertz CT molecular complexity index is 2480. The minimum absolute atomic E-state index is 0.0900. The number of phenols is 2. The smallest absolute Gasteiger partial charge is 0.338 e. The molecule has 0 aliphatic carbocycles. The fraction of sp³-hybridized carbons (Fsp3) is 0.509. The third-order valence-electron chi connectivity index (χ3n) is 13.4. The number of aliphatic hydroxyl groups excluding tert-OH is 10. The fourth-order valence-corrected chi connectivity index (χ4v) is 9.10. The molecule has 3 fully saturated rings. The highest BCUT2D eigenvalue weighted by Gasteiger charge is 2.56. The topological polar surface area (TPSA) is 351 Å². The number of aliphatic hydroxyl groups is 10. The van der Waals surface area contributed by atoms with Gasteiger partial charge in [-0.25, -0.2) is 9.59 Å². The second-order valence-corrected chi connectivity index (χ2v) is 19.2. The van der Waals surface area contributed by atoms with Crippen LogP contribution in [0.5, 0.6) is 17.2 Å². The molecular formula is C57H74O22. The third-order valence-corrected chi connectivity index (χ3v) is 13.4. The maximum atomic E-state index is 13.7. The van der Waals surface area contributed by atoms with E-state index >= 15 is 0 Å². The predicted octanol–water partition coefficient (Wildman–Crippen LogP) is 2.18. The van der Waals surface area contributed by atoms with Crippen molar-refractivity contribution < 1.29 is 109 Å². The summed E-state index contributed by atoms with van der Waals surface area (Å²) in [4.78, 5) is 27.1. The fourth-order valence-electron chi connectivity index (χ4n) is 9.10. The normalized spacial score (nSPS) is 29.8. The average molecular weight is 1110 g/mol. The van der Waals surface area contributed by atoms with E-state index in [9.17, 15) is 70.9 Å². The summed E-state index contributed by atoms with van der Waals surface area (Å²) in [5.74, 6) is -2.43. The summed E-state index contributed by atoms with van der Waals surface area (Å²) in [6, 6.07) is 15.7. The van der Waals surface area contributed by atoms with Crippen LogP contribution in [0.2, 0.25) is 0 Å². The molecule has 6 rings (SSSR count). The molecule has 3 heterocycles. The summed E-state index contributed by atoms with van der Waals surface area (Å²) in [5.41, 5.74) is 1.29. The molecule has 0 radical (unpaired) electrons. The quantitative estimate of drug-likeness (QED) is 0.0237. The Morgan fingerprint density at radius 3 is 1.99 bits per heavy atom. The van der Waals surface area contributed by atoms with Crippen LogP contribution >= 0.6 is 0 Å². The molecule has 3 aliphatic rings. The summed E-state index contributed by atoms with van der Waals surface area (Å²) in [7, 11) is 0. The van der Waals surface area contributed by atoms with Gasteiger partial charge in [-0.15, -0.1) is 0 Å². The largest absolute Gasteiger partial charge is 0.508 e. The van der Waals surface area contributed by atoms with Gasteiger partial charge in [0.05, 0.1) is 38.1 Å². The SMILES string of the molecule is CCCCC/C=C/C=C/[C@@H](O)C/C=C/C=C/C(=O)O[C@@H]1[C@@H](O)[C@H](c2c(O)cc(O)cc2CO)O[C@H](CO)[C@H]1O[C@@H]1O[C@H](COC(=O)c2ccc(-c3ccc(OCCC)cc3)cc2)[C@H](O)[C@H](O)[C@H]1O[C@@H]1O[C@H](CO)[C@H](O)[C@H](O)[C@H]1O. The van der Waals surface area contributed by atoms with E-state index in [4.69, 9.17) is 37.9 Å². The van der Waals surface area contributed by atoms with Crippen LogP contribution < -0.4 is 4.74 Å². The number of rotatable bonds is 26. The molecule has 0 saturated carbocycles. The standard InChI is InChI=1S/C57H74O22/c1-3-5-6-7-8-9-11-14-36(61)15-12-10-13-16-43(64)77-53-50(70)52(44-35(28-58)26-37(62)27-39(44)63)74-41(30-60)51(53)78-57-54(79-56-49(69)47(67)45(65)40(29-59)75-56)48(68)46(66)42(76-57)31-73-55(71)34-19-17-32(18-20-34)33-21-23-38(24-22-33)72-25-4-2/h8-14,16-24,26-27,36,40-42,45-54,56-63,65-70H,3-7,15,25,28-31H2,1-2H3/b9-8+,12-10+,14-11+,16-13+/t36-,40-,41-,42-,45+,46+,47+,48+,49-,50+,51-,52+,53-,54-,56+,57+/m1/s1. The number of allylic oxidation sites excluding steroid dienone is 5. The van der Waals surface area contributed by atoms with E-state index in [0.717, 1.165) is 61.4 Å². The Morgan fingerprint density at radius 1 is 0.658 bits per heavy atom. The van der Waals surface area contributed by atoms with Crippen LogP contribution in [0.25, 0.3) is 11.1 Å². The van der Waals surface area contributed by atoms with E-state index in [1.165, 1.54) is 24.3 Å². The van der Waals surface area contributed by atoms with Gasteiger partial charge in [0.25, 0.3) is 0 Å². The van der Waals surface area contributed by atoms with Gasteiger partial charge in [-0.3, -0.25) is 0 Å². The van der Waals surface area contributed by atoms with Gasteiger partial charge in [-0.2, -0.15) is 0 Å². The lowest BCUT2D eigenvalue weighted by Gasteiger charge is -2.49. The van der Waals surface area contributed by atoms with Crippen molar-refractivity contribution in [2.24, 2.45) is 0 Å². The van der Waals surface area contributed by atoms with Crippen molar-refractivity contribution in [1.29, 1.82) is 0 Å². The molecule has 16 atom stereocenters. The highest BCUT2D eigenvalue weighted by atomic mass is 16.8. The molecule has 12 N–H and O–H groups in total. The number of carbonyl (C=O) groups excluding carboxylic acids is 2. The van der Waals surface area contributed by atoms with Gasteiger partial charge in [0.15, 0.2) is 18.7 Å². The number of esters is 2. The molecule has 3 aromatic rings. The zero-order valence-corrected chi connectivity index (χ0v) is 43.9. The van der Waals surface area contributed by atoms with E-state index in [2.05, 4.69) is 6.92 Å². The lowest BCUT2D eigenvalue weighted by molar-refractivity contribution is -0.382. The first-order chi connectivity index (χ1) is 38.0. The Kier molecular flexibility index (Phi) is 24.4. The molecule has 22 heteroatoms. The number of ether oxygens (including phenoxy) is 8. The molecule has 0 bridgehead atoms. The minimum Gasteiger partial charge on any atom is -0.508 e. The second kappa shape index (κ2) is 30.8. The summed E-state index contributed by atoms with van der Waals surface area (Å²) in [5, 5.41) is 130. The van der Waals surface area contributed by atoms with Crippen LogP contribution in [0, 0.1) is 0 Å². The molecule has 3 saturated heterocycles. The summed E-state index contributed by atoms with van der Waals surface area (Å²) >= 11 is 0. The highest BCUT2D eigenvalue weighted by Crippen LogP contribution is 2.43. The zero-order valence-electron chi connectivity index (χ0n) is 43.9. The Labute approximate surface area is 457 Å². The van der Waals surface area contributed by atoms with E-state index in [0.29, 0.717) is 12.4 Å². The van der Waals surface area contributed by atoms with Crippen LogP contribution in [0.4, 0.5) is 0 Å². The first-order valence-electron chi connectivity index (χ1n) is 26.3. The number of aromatic hydroxyl groups is 2. The second-order valence-electron chi connectivity index (χ2n) is 19.2. The Balaban J connectivity index is 1.27. The Morgan fingerprint density at radius 2 is 1.32 bits per heavy atom. The molecule has 0 amide bonds. The van der Waals surface area contributed by atoms with Crippen molar-refractivity contribution in [3.8, 4) is 28.4 Å². The van der Waals surface area contributed by atoms with E-state index in [1.54, 1.807) is 30.4 Å². The number of benzene rings is 3. The van der Waals surface area contributed by atoms with Crippen LogP contribution in [-0.2, 0) is 44.6 Å². The van der Waals surface area contributed by atoms with Crippen molar-refractivity contribution in [3.05, 3.63) is 126 Å². The number of hydrogen-bond donors (Lipinski definition) is 12. The first kappa shape index (κ1) is 62.6. The first-order valence-corrected chi connectivity index (χ1v) is 26.3. The lowest BCUT2D eigenvalue weighted by atomic mass is 9.88. The van der Waals surface area contributed by atoms with Gasteiger partial charge >= 0.3 is 11.9 Å². The van der Waals surface area contributed by atoms with E-state index in [1.807, 2.05) is 43.3 Å². The van der Waals surface area contributed by atoms with Crippen molar-refractivity contribution in [2.75, 3.05) is 26.4 Å². The van der Waals surface area contributed by atoms with Gasteiger partial charge < -0.3 is 99.2 Å². The summed E-state index contributed by atoms with van der Waals surface area (Å²) in [6.45, 7) is 1.24. The minimum atomic E-state index is -2.12. The summed E-state index contributed by atoms with van der Waals surface area (Å²) < 4.78 is 47.0. The van der Waals surface area contributed by atoms with Crippen molar-refractivity contribution in [3.63, 3.8) is 0 Å². The van der Waals surface area contributed by atoms with Crippen molar-refractivity contribution in [2.45, 2.75) is 157 Å². The molecule has 3 aliphatic heterocycles. The molecule has 0 spiro atoms.